The summed E-state index contributed by atoms with van der Waals surface area (Å²) >= 11 is 37.9. The molecule has 0 saturated heterocycles. The van der Waals surface area contributed by atoms with Gasteiger partial charge in [-0.3, -0.25) is 9.80 Å². The van der Waals surface area contributed by atoms with Gasteiger partial charge in [0.25, 0.3) is 0 Å². The van der Waals surface area contributed by atoms with Crippen molar-refractivity contribution in [2.45, 2.75) is 25.0 Å². The van der Waals surface area contributed by atoms with Gasteiger partial charge in [0.15, 0.2) is 0 Å². The fraction of sp³-hybridized carbons (Fsp3) is 0.0909. The van der Waals surface area contributed by atoms with Gasteiger partial charge in [-0.2, -0.15) is 21.6 Å². The SMILES string of the molecule is C=CCc1cc(-c2ccc(F)cc2Cl)c2c(c1)N(c1c(Cl)cccc1Cl)C(=O)NC2.O=C1NCc2c(-c3ccc(F)cc3Cl)cc(OS(=O)(=O)C(F)(F)F)cc2N1c1c(Cl)cccc1Cl. The van der Waals surface area contributed by atoms with Crippen molar-refractivity contribution >= 4 is 115 Å². The van der Waals surface area contributed by atoms with Crippen LogP contribution >= 0.6 is 69.6 Å². The quantitative estimate of drug-likeness (QED) is 0.0683. The zero-order valence-electron chi connectivity index (χ0n) is 32.6. The van der Waals surface area contributed by atoms with E-state index in [1.165, 1.54) is 41.3 Å². The molecule has 6 aromatic rings. The first-order valence-electron chi connectivity index (χ1n) is 18.6. The van der Waals surface area contributed by atoms with Crippen LogP contribution in [0.4, 0.5) is 54.3 Å². The Morgan fingerprint density at radius 1 is 0.615 bits per heavy atom. The van der Waals surface area contributed by atoms with Crippen LogP contribution in [0.3, 0.4) is 0 Å². The molecule has 0 bridgehead atoms. The Morgan fingerprint density at radius 3 is 1.46 bits per heavy atom. The average Bonchev–Trinajstić information content (AvgIpc) is 3.21. The van der Waals surface area contributed by atoms with E-state index in [9.17, 15) is 40.0 Å². The fourth-order valence-electron chi connectivity index (χ4n) is 7.07. The van der Waals surface area contributed by atoms with Crippen LogP contribution in [0.15, 0.2) is 110 Å². The van der Waals surface area contributed by atoms with Crippen LogP contribution < -0.4 is 24.6 Å². The Bertz CT molecular complexity index is 3010. The number of nitrogens with one attached hydrogen (secondary N) is 2. The van der Waals surface area contributed by atoms with E-state index < -0.39 is 39.0 Å². The van der Waals surface area contributed by atoms with E-state index in [0.29, 0.717) is 39.0 Å². The molecule has 336 valence electrons. The molecular weight excluding hydrogens is 1000 g/mol. The molecule has 8 rings (SSSR count). The van der Waals surface area contributed by atoms with Crippen molar-refractivity contribution in [2.24, 2.45) is 0 Å². The lowest BCUT2D eigenvalue weighted by atomic mass is 9.92. The number of urea groups is 2. The number of rotatable bonds is 8. The topological polar surface area (TPSA) is 108 Å². The van der Waals surface area contributed by atoms with Gasteiger partial charge in [-0.15, -0.1) is 6.58 Å². The van der Waals surface area contributed by atoms with E-state index in [-0.39, 0.29) is 61.7 Å². The average molecular weight is 1030 g/mol. The van der Waals surface area contributed by atoms with Crippen molar-refractivity contribution in [3.8, 4) is 28.0 Å². The van der Waals surface area contributed by atoms with E-state index in [4.69, 9.17) is 69.6 Å². The Labute approximate surface area is 397 Å². The van der Waals surface area contributed by atoms with Gasteiger partial charge in [0.05, 0.1) is 52.9 Å². The van der Waals surface area contributed by atoms with Gasteiger partial charge in [-0.05, 0) is 95.9 Å². The Morgan fingerprint density at radius 2 is 1.05 bits per heavy atom. The molecule has 9 nitrogen and oxygen atoms in total. The van der Waals surface area contributed by atoms with Crippen molar-refractivity contribution < 1.29 is 44.1 Å². The minimum atomic E-state index is -6.07. The number of benzene rings is 6. The molecule has 0 fully saturated rings. The van der Waals surface area contributed by atoms with Crippen molar-refractivity contribution in [3.05, 3.63) is 168 Å². The van der Waals surface area contributed by atoms with Gasteiger partial charge >= 0.3 is 27.7 Å². The maximum atomic E-state index is 13.7. The summed E-state index contributed by atoms with van der Waals surface area (Å²) in [4.78, 5) is 28.2. The van der Waals surface area contributed by atoms with Crippen molar-refractivity contribution in [3.63, 3.8) is 0 Å². The smallest absolute Gasteiger partial charge is 0.376 e. The molecule has 2 aliphatic rings. The third-order valence-corrected chi connectivity index (χ3v) is 12.7. The number of hydrogen-bond donors (Lipinski definition) is 2. The summed E-state index contributed by atoms with van der Waals surface area (Å²) in [5, 5.41) is 6.36. The summed E-state index contributed by atoms with van der Waals surface area (Å²) in [6.45, 7) is 3.95. The molecule has 0 aliphatic carbocycles. The highest BCUT2D eigenvalue weighted by atomic mass is 35.5. The van der Waals surface area contributed by atoms with Crippen molar-refractivity contribution in [2.75, 3.05) is 9.80 Å². The molecule has 0 saturated carbocycles. The molecular formula is C44H27Cl6F5N4O5S. The van der Waals surface area contributed by atoms with E-state index in [0.717, 1.165) is 45.9 Å². The number of anilines is 4. The molecule has 0 radical (unpaired) electrons. The molecule has 0 aromatic heterocycles. The van der Waals surface area contributed by atoms with Gasteiger partial charge in [0.2, 0.25) is 0 Å². The van der Waals surface area contributed by atoms with E-state index in [2.05, 4.69) is 21.4 Å². The van der Waals surface area contributed by atoms with Crippen LogP contribution in [0, 0.1) is 11.6 Å². The van der Waals surface area contributed by atoms with Crippen LogP contribution in [-0.4, -0.2) is 26.0 Å². The normalized spacial score (nSPS) is 13.5. The predicted octanol–water partition coefficient (Wildman–Crippen LogP) is 14.6. The van der Waals surface area contributed by atoms with Gasteiger partial charge in [-0.1, -0.05) is 93.9 Å². The zero-order chi connectivity index (χ0) is 47.1. The zero-order valence-corrected chi connectivity index (χ0v) is 38.0. The second-order valence-corrected chi connectivity index (χ2v) is 17.9. The van der Waals surface area contributed by atoms with Crippen molar-refractivity contribution in [1.29, 1.82) is 0 Å². The van der Waals surface area contributed by atoms with Crippen molar-refractivity contribution in [1.82, 2.24) is 10.6 Å². The maximum absolute atomic E-state index is 13.7. The Hall–Kier alpha value is -5.26. The molecule has 2 aliphatic heterocycles. The molecule has 0 atom stereocenters. The number of nitrogens with zero attached hydrogens (tertiary/aromatic N) is 2. The molecule has 4 amide bonds. The van der Waals surface area contributed by atoms with E-state index in [1.54, 1.807) is 30.3 Å². The van der Waals surface area contributed by atoms with Crippen LogP contribution in [0.25, 0.3) is 22.3 Å². The first-order chi connectivity index (χ1) is 30.7. The minimum absolute atomic E-state index is 0.0127. The second kappa shape index (κ2) is 18.9. The third-order valence-electron chi connectivity index (χ3n) is 9.84. The van der Waals surface area contributed by atoms with Gasteiger partial charge in [0, 0.05) is 41.4 Å². The van der Waals surface area contributed by atoms with Gasteiger partial charge in [-0.25, -0.2) is 18.4 Å². The number of para-hydroxylation sites is 2. The first-order valence-corrected chi connectivity index (χ1v) is 22.3. The summed E-state index contributed by atoms with van der Waals surface area (Å²) in [5.41, 5.74) is -1.05. The lowest BCUT2D eigenvalue weighted by molar-refractivity contribution is -0.0500. The van der Waals surface area contributed by atoms with Crippen LogP contribution in [0.2, 0.25) is 30.1 Å². The highest BCUT2D eigenvalue weighted by Crippen LogP contribution is 2.48. The van der Waals surface area contributed by atoms with Crippen LogP contribution in [0.5, 0.6) is 5.75 Å². The van der Waals surface area contributed by atoms with E-state index >= 15 is 0 Å². The van der Waals surface area contributed by atoms with Gasteiger partial charge in [0.1, 0.15) is 17.4 Å². The number of fused-ring (bicyclic) bond motifs is 2. The maximum Gasteiger partial charge on any atom is 0.534 e. The standard InChI is InChI=1S/C23H16Cl3FN2O.C21H11Cl3F4N2O4S/c1-2-4-13-9-16(15-8-7-14(27)11-20(15)26)17-12-28-23(30)29(21(17)10-13)22-18(24)5-3-6-19(22)25;22-15-2-1-3-16(23)19(15)30-18-8-11(34-35(32,33)21(26,27)28)7-13(14(18)9-29-20(30)31)12-5-4-10(25)6-17(12)24/h2-3,5-11H,1,4,12H2,(H,28,30);1-8H,9H2,(H,29,31). The number of amides is 4. The first kappa shape index (κ1) is 47.7. The van der Waals surface area contributed by atoms with Crippen LogP contribution in [-0.2, 0) is 29.6 Å². The number of hydrogen-bond acceptors (Lipinski definition) is 5. The molecule has 65 heavy (non-hydrogen) atoms. The summed E-state index contributed by atoms with van der Waals surface area (Å²) < 4.78 is 94.1. The fourth-order valence-corrected chi connectivity index (χ4v) is 9.19. The molecule has 0 unspecified atom stereocenters. The van der Waals surface area contributed by atoms with Crippen LogP contribution in [0.1, 0.15) is 16.7 Å². The number of halogens is 11. The molecule has 21 heteroatoms. The van der Waals surface area contributed by atoms with Gasteiger partial charge < -0.3 is 14.8 Å². The molecule has 2 N–H and O–H groups in total. The summed E-state index contributed by atoms with van der Waals surface area (Å²) in [5.74, 6) is -1.88. The third kappa shape index (κ3) is 9.68. The summed E-state index contributed by atoms with van der Waals surface area (Å²) in [6.07, 6.45) is 2.35. The number of allylic oxidation sites excluding steroid dienone is 1. The second-order valence-electron chi connectivity index (χ2n) is 14.0. The number of alkyl halides is 3. The molecule has 6 aromatic carbocycles. The highest BCUT2D eigenvalue weighted by molar-refractivity contribution is 7.88. The highest BCUT2D eigenvalue weighted by Gasteiger charge is 2.49. The lowest BCUT2D eigenvalue weighted by Crippen LogP contribution is -2.41. The number of carbonyl (C=O) groups excluding carboxylic acids is 2. The minimum Gasteiger partial charge on any atom is -0.376 e. The summed E-state index contributed by atoms with van der Waals surface area (Å²) in [7, 11) is -6.07. The Kier molecular flexibility index (Phi) is 13.9. The molecule has 2 heterocycles. The number of carbonyl (C=O) groups is 2. The summed E-state index contributed by atoms with van der Waals surface area (Å²) in [6, 6.07) is 21.7. The largest absolute Gasteiger partial charge is 0.534 e. The Balaban J connectivity index is 0.000000196. The predicted molar refractivity (Wildman–Crippen MR) is 245 cm³/mol. The lowest BCUT2D eigenvalue weighted by Gasteiger charge is -2.33. The molecule has 0 spiro atoms. The monoisotopic (exact) mass is 1030 g/mol. The van der Waals surface area contributed by atoms with E-state index in [1.807, 2.05) is 12.1 Å².